The Balaban J connectivity index is 2.37. The van der Waals surface area contributed by atoms with Crippen molar-refractivity contribution in [1.82, 2.24) is 10.7 Å². The third-order valence-electron chi connectivity index (χ3n) is 1.13. The molecule has 0 aliphatic carbocycles. The molecule has 0 saturated carbocycles. The Kier molecular flexibility index (Phi) is 3.28. The molecule has 1 aromatic heterocycles. The van der Waals surface area contributed by atoms with Gasteiger partial charge < -0.3 is 9.73 Å². The van der Waals surface area contributed by atoms with Crippen molar-refractivity contribution < 1.29 is 4.42 Å². The minimum atomic E-state index is 0.470. The number of rotatable bonds is 2. The van der Waals surface area contributed by atoms with Gasteiger partial charge in [-0.3, -0.25) is 5.43 Å². The second-order valence-electron chi connectivity index (χ2n) is 1.96. The second kappa shape index (κ2) is 4.50. The maximum atomic E-state index is 5.00. The number of thiocarbonyl (C=S) groups is 1. The van der Waals surface area contributed by atoms with Gasteiger partial charge in [0.1, 0.15) is 5.76 Å². The summed E-state index contributed by atoms with van der Waals surface area (Å²) >= 11 is 4.78. The summed E-state index contributed by atoms with van der Waals surface area (Å²) in [4.78, 5) is 0. The van der Waals surface area contributed by atoms with Gasteiger partial charge in [0, 0.05) is 7.05 Å². The standard InChI is InChI=1S/C7H9N3OS/c1-8-7(12)10-9-5-6-3-2-4-11-6/h2-5H,1H3,(H2,8,10,12)/b9-5-. The topological polar surface area (TPSA) is 49.6 Å². The molecule has 0 saturated heterocycles. The van der Waals surface area contributed by atoms with E-state index in [-0.39, 0.29) is 0 Å². The summed E-state index contributed by atoms with van der Waals surface area (Å²) in [5.41, 5.74) is 2.60. The lowest BCUT2D eigenvalue weighted by Gasteiger charge is -1.97. The largest absolute Gasteiger partial charge is 0.463 e. The molecular weight excluding hydrogens is 174 g/mol. The highest BCUT2D eigenvalue weighted by Gasteiger charge is 1.88. The lowest BCUT2D eigenvalue weighted by atomic mass is 10.5. The average Bonchev–Trinajstić information content (AvgIpc) is 2.57. The van der Waals surface area contributed by atoms with Crippen molar-refractivity contribution in [2.24, 2.45) is 5.10 Å². The van der Waals surface area contributed by atoms with Crippen LogP contribution in [-0.2, 0) is 0 Å². The van der Waals surface area contributed by atoms with Crippen LogP contribution >= 0.6 is 12.2 Å². The Morgan fingerprint density at radius 1 is 1.75 bits per heavy atom. The second-order valence-corrected chi connectivity index (χ2v) is 2.37. The molecule has 1 heterocycles. The molecule has 64 valence electrons. The molecule has 4 nitrogen and oxygen atoms in total. The zero-order valence-corrected chi connectivity index (χ0v) is 7.39. The third-order valence-corrected chi connectivity index (χ3v) is 1.42. The first-order valence-corrected chi connectivity index (χ1v) is 3.78. The van der Waals surface area contributed by atoms with Gasteiger partial charge in [0.05, 0.1) is 12.5 Å². The first-order valence-electron chi connectivity index (χ1n) is 3.37. The minimum Gasteiger partial charge on any atom is -0.463 e. The Morgan fingerprint density at radius 2 is 2.58 bits per heavy atom. The van der Waals surface area contributed by atoms with E-state index in [1.165, 1.54) is 0 Å². The lowest BCUT2D eigenvalue weighted by molar-refractivity contribution is 0.560. The highest BCUT2D eigenvalue weighted by atomic mass is 32.1. The molecule has 0 aliphatic heterocycles. The summed E-state index contributed by atoms with van der Waals surface area (Å²) in [6, 6.07) is 3.59. The molecule has 2 N–H and O–H groups in total. The first-order chi connectivity index (χ1) is 5.83. The quantitative estimate of drug-likeness (QED) is 0.403. The van der Waals surface area contributed by atoms with Crippen LogP contribution in [0.1, 0.15) is 5.76 Å². The summed E-state index contributed by atoms with van der Waals surface area (Å²) in [5.74, 6) is 0.682. The summed E-state index contributed by atoms with van der Waals surface area (Å²) in [6.45, 7) is 0. The van der Waals surface area contributed by atoms with Crippen LogP contribution in [0.25, 0.3) is 0 Å². The number of hydrogen-bond donors (Lipinski definition) is 2. The van der Waals surface area contributed by atoms with Gasteiger partial charge in [0.15, 0.2) is 5.11 Å². The van der Waals surface area contributed by atoms with Crippen LogP contribution in [0, 0.1) is 0 Å². The molecule has 0 aromatic carbocycles. The van der Waals surface area contributed by atoms with E-state index in [4.69, 9.17) is 16.6 Å². The smallest absolute Gasteiger partial charge is 0.186 e. The van der Waals surface area contributed by atoms with E-state index in [0.29, 0.717) is 10.9 Å². The number of hydrogen-bond acceptors (Lipinski definition) is 3. The molecule has 0 radical (unpaired) electrons. The predicted molar refractivity (Wildman–Crippen MR) is 51.1 cm³/mol. The zero-order valence-electron chi connectivity index (χ0n) is 6.57. The zero-order chi connectivity index (χ0) is 8.81. The summed E-state index contributed by atoms with van der Waals surface area (Å²) in [7, 11) is 1.72. The molecule has 0 spiro atoms. The summed E-state index contributed by atoms with van der Waals surface area (Å²) in [5, 5.41) is 7.00. The number of hydrazone groups is 1. The van der Waals surface area contributed by atoms with Gasteiger partial charge in [-0.05, 0) is 24.4 Å². The van der Waals surface area contributed by atoms with Gasteiger partial charge in [-0.25, -0.2) is 0 Å². The maximum absolute atomic E-state index is 5.00. The molecule has 0 bridgehead atoms. The van der Waals surface area contributed by atoms with Crippen LogP contribution in [0.2, 0.25) is 0 Å². The van der Waals surface area contributed by atoms with E-state index in [1.54, 1.807) is 31.7 Å². The Morgan fingerprint density at radius 3 is 3.17 bits per heavy atom. The fourth-order valence-corrected chi connectivity index (χ4v) is 0.628. The van der Waals surface area contributed by atoms with Crippen LogP contribution in [0.3, 0.4) is 0 Å². The fraction of sp³-hybridized carbons (Fsp3) is 0.143. The maximum Gasteiger partial charge on any atom is 0.186 e. The lowest BCUT2D eigenvalue weighted by Crippen LogP contribution is -2.28. The van der Waals surface area contributed by atoms with Crippen molar-refractivity contribution in [2.75, 3.05) is 7.05 Å². The molecule has 0 amide bonds. The van der Waals surface area contributed by atoms with Gasteiger partial charge in [-0.15, -0.1) is 0 Å². The highest BCUT2D eigenvalue weighted by molar-refractivity contribution is 7.80. The summed E-state index contributed by atoms with van der Waals surface area (Å²) < 4.78 is 5.00. The molecule has 0 atom stereocenters. The van der Waals surface area contributed by atoms with Crippen LogP contribution in [0.4, 0.5) is 0 Å². The first kappa shape index (κ1) is 8.73. The number of nitrogens with one attached hydrogen (secondary N) is 2. The normalized spacial score (nSPS) is 10.1. The van der Waals surface area contributed by atoms with E-state index in [9.17, 15) is 0 Å². The van der Waals surface area contributed by atoms with Crippen molar-refractivity contribution in [1.29, 1.82) is 0 Å². The molecule has 1 aromatic rings. The third kappa shape index (κ3) is 2.71. The van der Waals surface area contributed by atoms with E-state index < -0.39 is 0 Å². The molecule has 5 heteroatoms. The van der Waals surface area contributed by atoms with Crippen LogP contribution in [0.15, 0.2) is 27.9 Å². The fourth-order valence-electron chi connectivity index (χ4n) is 0.575. The van der Waals surface area contributed by atoms with Gasteiger partial charge in [-0.2, -0.15) is 5.10 Å². The van der Waals surface area contributed by atoms with E-state index >= 15 is 0 Å². The monoisotopic (exact) mass is 183 g/mol. The van der Waals surface area contributed by atoms with Crippen LogP contribution < -0.4 is 10.7 Å². The Hall–Kier alpha value is -1.36. The van der Waals surface area contributed by atoms with Crippen LogP contribution in [0.5, 0.6) is 0 Å². The van der Waals surface area contributed by atoms with Crippen molar-refractivity contribution in [3.63, 3.8) is 0 Å². The van der Waals surface area contributed by atoms with E-state index in [1.807, 2.05) is 0 Å². The highest BCUT2D eigenvalue weighted by Crippen LogP contribution is 1.94. The number of furan rings is 1. The van der Waals surface area contributed by atoms with Crippen molar-refractivity contribution in [3.05, 3.63) is 24.2 Å². The summed E-state index contributed by atoms with van der Waals surface area (Å²) in [6.07, 6.45) is 3.13. The molecule has 0 aliphatic rings. The van der Waals surface area contributed by atoms with Gasteiger partial charge in [0.25, 0.3) is 0 Å². The van der Waals surface area contributed by atoms with Gasteiger partial charge in [0.2, 0.25) is 0 Å². The van der Waals surface area contributed by atoms with Crippen LogP contribution in [-0.4, -0.2) is 18.4 Å². The molecular formula is C7H9N3OS. The minimum absolute atomic E-state index is 0.470. The van der Waals surface area contributed by atoms with E-state index in [2.05, 4.69) is 15.8 Å². The SMILES string of the molecule is CNC(=S)N/N=C\c1ccco1. The van der Waals surface area contributed by atoms with Gasteiger partial charge in [-0.1, -0.05) is 0 Å². The van der Waals surface area contributed by atoms with Gasteiger partial charge >= 0.3 is 0 Å². The van der Waals surface area contributed by atoms with Crippen molar-refractivity contribution >= 4 is 23.5 Å². The number of nitrogens with zero attached hydrogens (tertiary/aromatic N) is 1. The molecule has 0 unspecified atom stereocenters. The Bertz CT molecular complexity index is 268. The van der Waals surface area contributed by atoms with Crippen molar-refractivity contribution in [2.45, 2.75) is 0 Å². The Labute approximate surface area is 75.6 Å². The predicted octanol–water partition coefficient (Wildman–Crippen LogP) is 0.707. The average molecular weight is 183 g/mol. The van der Waals surface area contributed by atoms with Crippen molar-refractivity contribution in [3.8, 4) is 0 Å². The molecule has 0 fully saturated rings. The van der Waals surface area contributed by atoms with E-state index in [0.717, 1.165) is 0 Å². The molecule has 12 heavy (non-hydrogen) atoms. The molecule has 1 rings (SSSR count).